The molecule has 0 aliphatic heterocycles. The number of carboxylic acids is 1. The third-order valence-electron chi connectivity index (χ3n) is 10.4. The molecule has 0 aromatic carbocycles. The van der Waals surface area contributed by atoms with Crippen LogP contribution >= 0.6 is 0 Å². The van der Waals surface area contributed by atoms with Gasteiger partial charge < -0.3 is 28.6 Å². The molecule has 0 aliphatic carbocycles. The number of rotatable bonds is 42. The van der Waals surface area contributed by atoms with Crippen molar-refractivity contribution in [2.45, 2.75) is 206 Å². The molecule has 8 heteroatoms. The van der Waals surface area contributed by atoms with Crippen LogP contribution in [0.25, 0.3) is 0 Å². The van der Waals surface area contributed by atoms with Gasteiger partial charge in [-0.3, -0.25) is 9.59 Å². The van der Waals surface area contributed by atoms with E-state index in [9.17, 15) is 19.5 Å². The number of hydrogen-bond donors (Lipinski definition) is 0. The Labute approximate surface area is 362 Å². The SMILES string of the molecule is CC/C=C\C/C=C\C/C=C\C/C=C\C/C=C\CCCC(=O)OC(COCCC(C(=O)[O-])[N+](C)(C)C)COC(=O)CCCCCCCCCCCCCCCCCCCC. The molecule has 0 aromatic heterocycles. The molecule has 8 nitrogen and oxygen atoms in total. The van der Waals surface area contributed by atoms with E-state index >= 15 is 0 Å². The lowest BCUT2D eigenvalue weighted by Crippen LogP contribution is -2.55. The van der Waals surface area contributed by atoms with Gasteiger partial charge in [0.05, 0.1) is 40.3 Å². The standard InChI is InChI=1S/C51H89NO7/c1-6-8-10-12-14-16-18-20-22-24-26-27-29-31-33-35-37-39-41-49(53)58-46-47(45-57-44-43-48(51(55)56)52(3,4)5)59-50(54)42-40-38-36-34-32-30-28-25-23-21-19-17-15-13-11-9-7-2/h9,11,15,17,21,23,28,30,34,36,47-48H,6-8,10,12-14,16,18-20,22,24-27,29,31-33,35,37-46H2,1-5H3/b11-9-,17-15-,23-21-,30-28-,36-34-. The first-order valence-electron chi connectivity index (χ1n) is 23.8. The number of aliphatic carboxylic acids is 1. The first-order valence-corrected chi connectivity index (χ1v) is 23.8. The van der Waals surface area contributed by atoms with E-state index in [1.807, 2.05) is 0 Å². The Morgan fingerprint density at radius 3 is 1.39 bits per heavy atom. The van der Waals surface area contributed by atoms with Gasteiger partial charge in [-0.15, -0.1) is 0 Å². The molecule has 340 valence electrons. The number of unbranched alkanes of at least 4 members (excludes halogenated alkanes) is 18. The van der Waals surface area contributed by atoms with Gasteiger partial charge in [-0.05, 0) is 51.4 Å². The molecule has 0 spiro atoms. The smallest absolute Gasteiger partial charge is 0.306 e. The maximum atomic E-state index is 12.7. The molecule has 0 bridgehead atoms. The highest BCUT2D eigenvalue weighted by atomic mass is 16.6. The summed E-state index contributed by atoms with van der Waals surface area (Å²) in [5, 5.41) is 11.6. The van der Waals surface area contributed by atoms with Crippen molar-refractivity contribution in [1.29, 1.82) is 0 Å². The molecule has 2 atom stereocenters. The van der Waals surface area contributed by atoms with E-state index in [-0.39, 0.29) is 49.1 Å². The topological polar surface area (TPSA) is 102 Å². The van der Waals surface area contributed by atoms with Crippen molar-refractivity contribution in [3.63, 3.8) is 0 Å². The number of allylic oxidation sites excluding steroid dienone is 10. The largest absolute Gasteiger partial charge is 0.544 e. The minimum absolute atomic E-state index is 0.0178. The normalized spacial score (nSPS) is 13.4. The van der Waals surface area contributed by atoms with Gasteiger partial charge in [0.25, 0.3) is 0 Å². The highest BCUT2D eigenvalue weighted by Gasteiger charge is 2.25. The fourth-order valence-electron chi connectivity index (χ4n) is 6.75. The van der Waals surface area contributed by atoms with Gasteiger partial charge in [-0.2, -0.15) is 0 Å². The van der Waals surface area contributed by atoms with Crippen LogP contribution in [0.1, 0.15) is 194 Å². The van der Waals surface area contributed by atoms with Crippen molar-refractivity contribution >= 4 is 17.9 Å². The summed E-state index contributed by atoms with van der Waals surface area (Å²) in [6, 6.07) is -0.737. The number of quaternary nitrogens is 1. The molecule has 0 saturated heterocycles. The van der Waals surface area contributed by atoms with Crippen LogP contribution in [0.5, 0.6) is 0 Å². The van der Waals surface area contributed by atoms with Crippen molar-refractivity contribution < 1.29 is 38.2 Å². The van der Waals surface area contributed by atoms with Gasteiger partial charge in [-0.25, -0.2) is 0 Å². The van der Waals surface area contributed by atoms with Crippen LogP contribution in [0.4, 0.5) is 0 Å². The zero-order chi connectivity index (χ0) is 43.5. The Morgan fingerprint density at radius 2 is 0.949 bits per heavy atom. The molecule has 0 amide bonds. The molecule has 0 N–H and O–H groups in total. The fourth-order valence-corrected chi connectivity index (χ4v) is 6.75. The molecule has 0 saturated carbocycles. The quantitative estimate of drug-likeness (QED) is 0.0261. The molecule has 2 unspecified atom stereocenters. The Bertz CT molecular complexity index is 1150. The first-order chi connectivity index (χ1) is 28.6. The lowest BCUT2D eigenvalue weighted by molar-refractivity contribution is -0.889. The molecule has 0 rings (SSSR count). The molecule has 0 heterocycles. The van der Waals surface area contributed by atoms with Crippen LogP contribution in [-0.2, 0) is 28.6 Å². The Kier molecular flexibility index (Phi) is 39.6. The van der Waals surface area contributed by atoms with Gasteiger partial charge in [0.15, 0.2) is 6.10 Å². The molecule has 0 fully saturated rings. The number of ether oxygens (including phenoxy) is 3. The average Bonchev–Trinajstić information content (AvgIpc) is 3.19. The summed E-state index contributed by atoms with van der Waals surface area (Å²) in [6.07, 6.45) is 51.1. The Hall–Kier alpha value is -2.97. The Morgan fingerprint density at radius 1 is 0.525 bits per heavy atom. The summed E-state index contributed by atoms with van der Waals surface area (Å²) in [7, 11) is 5.39. The van der Waals surface area contributed by atoms with E-state index in [4.69, 9.17) is 14.2 Å². The summed E-state index contributed by atoms with van der Waals surface area (Å²) in [6.45, 7) is 4.50. The molecule has 0 aliphatic rings. The van der Waals surface area contributed by atoms with E-state index in [1.54, 1.807) is 21.1 Å². The lowest BCUT2D eigenvalue weighted by Gasteiger charge is -2.34. The number of carboxylic acid groups (broad SMARTS) is 1. The van der Waals surface area contributed by atoms with Crippen LogP contribution < -0.4 is 5.11 Å². The van der Waals surface area contributed by atoms with Crippen LogP contribution in [0, 0.1) is 0 Å². The van der Waals surface area contributed by atoms with E-state index in [0.717, 1.165) is 57.8 Å². The highest BCUT2D eigenvalue weighted by Crippen LogP contribution is 2.15. The van der Waals surface area contributed by atoms with Crippen molar-refractivity contribution in [2.24, 2.45) is 0 Å². The van der Waals surface area contributed by atoms with Crippen molar-refractivity contribution in [3.8, 4) is 0 Å². The van der Waals surface area contributed by atoms with Gasteiger partial charge in [0, 0.05) is 19.3 Å². The minimum atomic E-state index is -1.13. The fraction of sp³-hybridized carbons (Fsp3) is 0.745. The summed E-state index contributed by atoms with van der Waals surface area (Å²) >= 11 is 0. The predicted octanol–water partition coefficient (Wildman–Crippen LogP) is 12.0. The second kappa shape index (κ2) is 41.8. The van der Waals surface area contributed by atoms with Crippen LogP contribution in [0.15, 0.2) is 60.8 Å². The monoisotopic (exact) mass is 828 g/mol. The van der Waals surface area contributed by atoms with Crippen molar-refractivity contribution in [2.75, 3.05) is 41.0 Å². The van der Waals surface area contributed by atoms with Crippen LogP contribution in [0.3, 0.4) is 0 Å². The van der Waals surface area contributed by atoms with Crippen molar-refractivity contribution in [3.05, 3.63) is 60.8 Å². The lowest BCUT2D eigenvalue weighted by atomic mass is 10.0. The predicted molar refractivity (Wildman–Crippen MR) is 245 cm³/mol. The second-order valence-corrected chi connectivity index (χ2v) is 17.0. The number of esters is 2. The highest BCUT2D eigenvalue weighted by molar-refractivity contribution is 5.70. The maximum absolute atomic E-state index is 12.7. The summed E-state index contributed by atoms with van der Waals surface area (Å²) in [4.78, 5) is 36.9. The number of nitrogens with zero attached hydrogens (tertiary/aromatic N) is 1. The van der Waals surface area contributed by atoms with Gasteiger partial charge >= 0.3 is 11.9 Å². The zero-order valence-corrected chi connectivity index (χ0v) is 38.7. The Balaban J connectivity index is 4.37. The molecular weight excluding hydrogens is 739 g/mol. The zero-order valence-electron chi connectivity index (χ0n) is 38.7. The molecule has 0 radical (unpaired) electrons. The minimum Gasteiger partial charge on any atom is -0.544 e. The number of likely N-dealkylation sites (N-methyl/N-ethyl adjacent to an activating group) is 1. The summed E-state index contributed by atoms with van der Waals surface area (Å²) in [5.74, 6) is -1.81. The molecular formula is C51H89NO7. The van der Waals surface area contributed by atoms with E-state index < -0.39 is 18.1 Å². The van der Waals surface area contributed by atoms with Gasteiger partial charge in [0.2, 0.25) is 0 Å². The number of hydrogen-bond acceptors (Lipinski definition) is 7. The van der Waals surface area contributed by atoms with Crippen LogP contribution in [0.2, 0.25) is 0 Å². The third-order valence-corrected chi connectivity index (χ3v) is 10.4. The maximum Gasteiger partial charge on any atom is 0.306 e. The summed E-state index contributed by atoms with van der Waals surface area (Å²) < 4.78 is 17.1. The number of carbonyl (C=O) groups is 3. The van der Waals surface area contributed by atoms with Crippen molar-refractivity contribution in [1.82, 2.24) is 0 Å². The van der Waals surface area contributed by atoms with Gasteiger partial charge in [0.1, 0.15) is 12.6 Å². The van der Waals surface area contributed by atoms with Gasteiger partial charge in [-0.1, -0.05) is 184 Å². The first kappa shape index (κ1) is 56.0. The average molecular weight is 828 g/mol. The second-order valence-electron chi connectivity index (χ2n) is 17.0. The molecule has 59 heavy (non-hydrogen) atoms. The number of carbonyl (C=O) groups excluding carboxylic acids is 3. The third kappa shape index (κ3) is 40.2. The summed E-state index contributed by atoms with van der Waals surface area (Å²) in [5.41, 5.74) is 0. The van der Waals surface area contributed by atoms with E-state index in [0.29, 0.717) is 12.8 Å². The van der Waals surface area contributed by atoms with Crippen LogP contribution in [-0.4, -0.2) is 75.5 Å². The molecule has 0 aromatic rings. The van der Waals surface area contributed by atoms with E-state index in [1.165, 1.54) is 96.3 Å². The van der Waals surface area contributed by atoms with E-state index in [2.05, 4.69) is 74.6 Å².